The molecule has 0 aliphatic carbocycles. The Kier molecular flexibility index (Phi) is 6.78. The second-order valence-electron chi connectivity index (χ2n) is 6.65. The second-order valence-corrected chi connectivity index (χ2v) is 7.46. The summed E-state index contributed by atoms with van der Waals surface area (Å²) in [6, 6.07) is 30.3. The molecule has 5 heteroatoms. The standard InChI is InChI=1S/C26H18Cl2N2O/c27-25-7-3-1-5-19(25)17-29-21-9-13-23(14-10-21)31-24-15-11-22(12-16-24)30-18-20-6-2-4-8-26(20)28/h1-18H. The molecular weight excluding hydrogens is 427 g/mol. The first-order valence-corrected chi connectivity index (χ1v) is 10.4. The van der Waals surface area contributed by atoms with E-state index in [0.29, 0.717) is 10.0 Å². The predicted octanol–water partition coefficient (Wildman–Crippen LogP) is 8.29. The minimum Gasteiger partial charge on any atom is -0.457 e. The molecule has 0 fully saturated rings. The van der Waals surface area contributed by atoms with Crippen molar-refractivity contribution < 1.29 is 4.74 Å². The highest BCUT2D eigenvalue weighted by Crippen LogP contribution is 2.26. The van der Waals surface area contributed by atoms with Gasteiger partial charge in [-0.1, -0.05) is 59.6 Å². The number of benzene rings is 4. The maximum Gasteiger partial charge on any atom is 0.127 e. The summed E-state index contributed by atoms with van der Waals surface area (Å²) in [5.41, 5.74) is 3.39. The van der Waals surface area contributed by atoms with E-state index in [0.717, 1.165) is 34.0 Å². The van der Waals surface area contributed by atoms with Crippen LogP contribution in [-0.4, -0.2) is 12.4 Å². The van der Waals surface area contributed by atoms with Crippen LogP contribution in [0, 0.1) is 0 Å². The number of nitrogens with zero attached hydrogens (tertiary/aromatic N) is 2. The van der Waals surface area contributed by atoms with Crippen LogP contribution in [0.15, 0.2) is 107 Å². The van der Waals surface area contributed by atoms with Crippen molar-refractivity contribution in [2.24, 2.45) is 9.98 Å². The number of hydrogen-bond donors (Lipinski definition) is 0. The molecule has 0 atom stereocenters. The average molecular weight is 445 g/mol. The highest BCUT2D eigenvalue weighted by Gasteiger charge is 2.00. The summed E-state index contributed by atoms with van der Waals surface area (Å²) in [6.07, 6.45) is 3.50. The summed E-state index contributed by atoms with van der Waals surface area (Å²) in [4.78, 5) is 8.92. The maximum atomic E-state index is 6.15. The van der Waals surface area contributed by atoms with Crippen molar-refractivity contribution in [3.63, 3.8) is 0 Å². The molecule has 0 N–H and O–H groups in total. The quantitative estimate of drug-likeness (QED) is 0.275. The van der Waals surface area contributed by atoms with Gasteiger partial charge >= 0.3 is 0 Å². The molecule has 4 rings (SSSR count). The van der Waals surface area contributed by atoms with E-state index in [9.17, 15) is 0 Å². The van der Waals surface area contributed by atoms with Crippen molar-refractivity contribution in [1.29, 1.82) is 0 Å². The fourth-order valence-electron chi connectivity index (χ4n) is 2.78. The van der Waals surface area contributed by atoms with Crippen molar-refractivity contribution in [3.05, 3.63) is 118 Å². The zero-order valence-corrected chi connectivity index (χ0v) is 18.0. The van der Waals surface area contributed by atoms with Crippen LogP contribution in [0.25, 0.3) is 0 Å². The third-order valence-electron chi connectivity index (χ3n) is 4.43. The largest absolute Gasteiger partial charge is 0.457 e. The highest BCUT2D eigenvalue weighted by atomic mass is 35.5. The number of halogens is 2. The molecule has 0 aliphatic heterocycles. The summed E-state index contributed by atoms with van der Waals surface area (Å²) in [5.74, 6) is 1.45. The molecule has 152 valence electrons. The molecular formula is C26H18Cl2N2O. The van der Waals surface area contributed by atoms with Crippen LogP contribution in [0.3, 0.4) is 0 Å². The molecule has 4 aromatic rings. The molecule has 0 saturated carbocycles. The van der Waals surface area contributed by atoms with Gasteiger partial charge in [-0.15, -0.1) is 0 Å². The number of hydrogen-bond acceptors (Lipinski definition) is 3. The molecule has 0 radical (unpaired) electrons. The van der Waals surface area contributed by atoms with Crippen molar-refractivity contribution in [1.82, 2.24) is 0 Å². The first-order valence-electron chi connectivity index (χ1n) is 9.62. The number of rotatable bonds is 6. The summed E-state index contributed by atoms with van der Waals surface area (Å²) in [7, 11) is 0. The van der Waals surface area contributed by atoms with Gasteiger partial charge in [0.2, 0.25) is 0 Å². The van der Waals surface area contributed by atoms with Crippen molar-refractivity contribution >= 4 is 47.0 Å². The van der Waals surface area contributed by atoms with E-state index in [2.05, 4.69) is 9.98 Å². The fourth-order valence-corrected chi connectivity index (χ4v) is 3.15. The number of aliphatic imine (C=N–C) groups is 2. The van der Waals surface area contributed by atoms with Gasteiger partial charge in [0, 0.05) is 33.6 Å². The maximum absolute atomic E-state index is 6.15. The van der Waals surface area contributed by atoms with Gasteiger partial charge < -0.3 is 4.74 Å². The summed E-state index contributed by atoms with van der Waals surface area (Å²) >= 11 is 12.3. The first kappa shape index (κ1) is 20.9. The van der Waals surface area contributed by atoms with E-state index in [1.165, 1.54) is 0 Å². The van der Waals surface area contributed by atoms with Crippen LogP contribution < -0.4 is 4.74 Å². The SMILES string of the molecule is Clc1ccccc1C=Nc1ccc(Oc2ccc(N=Cc3ccccc3Cl)cc2)cc1. The average Bonchev–Trinajstić information content (AvgIpc) is 2.80. The molecule has 31 heavy (non-hydrogen) atoms. The Bertz CT molecular complexity index is 1120. The van der Waals surface area contributed by atoms with E-state index >= 15 is 0 Å². The summed E-state index contributed by atoms with van der Waals surface area (Å²) in [6.45, 7) is 0. The Morgan fingerprint density at radius 2 is 0.903 bits per heavy atom. The lowest BCUT2D eigenvalue weighted by Gasteiger charge is -2.06. The summed E-state index contributed by atoms with van der Waals surface area (Å²) in [5, 5.41) is 1.34. The third-order valence-corrected chi connectivity index (χ3v) is 5.11. The Morgan fingerprint density at radius 1 is 0.516 bits per heavy atom. The molecule has 0 bridgehead atoms. The van der Waals surface area contributed by atoms with E-state index < -0.39 is 0 Å². The van der Waals surface area contributed by atoms with Gasteiger partial charge in [-0.05, 0) is 60.7 Å². The van der Waals surface area contributed by atoms with Crippen molar-refractivity contribution in [2.75, 3.05) is 0 Å². The Balaban J connectivity index is 1.38. The van der Waals surface area contributed by atoms with Crippen LogP contribution in [-0.2, 0) is 0 Å². The molecule has 0 aliphatic rings. The molecule has 0 spiro atoms. The van der Waals surface area contributed by atoms with Crippen LogP contribution in [0.5, 0.6) is 11.5 Å². The van der Waals surface area contributed by atoms with Gasteiger partial charge in [0.1, 0.15) is 11.5 Å². The van der Waals surface area contributed by atoms with Gasteiger partial charge in [0.15, 0.2) is 0 Å². The second kappa shape index (κ2) is 10.1. The molecule has 0 aromatic heterocycles. The van der Waals surface area contributed by atoms with E-state index in [1.54, 1.807) is 12.4 Å². The van der Waals surface area contributed by atoms with Gasteiger partial charge in [0.25, 0.3) is 0 Å². The van der Waals surface area contributed by atoms with Crippen molar-refractivity contribution in [2.45, 2.75) is 0 Å². The van der Waals surface area contributed by atoms with E-state index in [1.807, 2.05) is 97.1 Å². The van der Waals surface area contributed by atoms with Gasteiger partial charge in [0.05, 0.1) is 11.4 Å². The smallest absolute Gasteiger partial charge is 0.127 e. The molecule has 0 saturated heterocycles. The van der Waals surface area contributed by atoms with Crippen LogP contribution in [0.2, 0.25) is 10.0 Å². The number of ether oxygens (including phenoxy) is 1. The molecule has 0 amide bonds. The van der Waals surface area contributed by atoms with Gasteiger partial charge in [-0.3, -0.25) is 9.98 Å². The normalized spacial score (nSPS) is 11.3. The Hall–Kier alpha value is -3.40. The lowest BCUT2D eigenvalue weighted by atomic mass is 10.2. The van der Waals surface area contributed by atoms with E-state index in [4.69, 9.17) is 27.9 Å². The van der Waals surface area contributed by atoms with Crippen LogP contribution >= 0.6 is 23.2 Å². The third kappa shape index (κ3) is 5.82. The van der Waals surface area contributed by atoms with Crippen LogP contribution in [0.1, 0.15) is 11.1 Å². The Morgan fingerprint density at radius 3 is 1.29 bits per heavy atom. The first-order chi connectivity index (χ1) is 15.2. The lowest BCUT2D eigenvalue weighted by molar-refractivity contribution is 0.483. The van der Waals surface area contributed by atoms with Gasteiger partial charge in [-0.25, -0.2) is 0 Å². The highest BCUT2D eigenvalue weighted by molar-refractivity contribution is 6.33. The Labute approximate surface area is 191 Å². The molecule has 4 aromatic carbocycles. The van der Waals surface area contributed by atoms with Crippen LogP contribution in [0.4, 0.5) is 11.4 Å². The van der Waals surface area contributed by atoms with E-state index in [-0.39, 0.29) is 0 Å². The topological polar surface area (TPSA) is 34.0 Å². The van der Waals surface area contributed by atoms with Gasteiger partial charge in [-0.2, -0.15) is 0 Å². The fraction of sp³-hybridized carbons (Fsp3) is 0. The minimum absolute atomic E-state index is 0.672. The predicted molar refractivity (Wildman–Crippen MR) is 130 cm³/mol. The monoisotopic (exact) mass is 444 g/mol. The molecule has 0 heterocycles. The zero-order valence-electron chi connectivity index (χ0n) is 16.5. The minimum atomic E-state index is 0.672. The summed E-state index contributed by atoms with van der Waals surface area (Å²) < 4.78 is 5.91. The molecule has 0 unspecified atom stereocenters. The molecule has 3 nitrogen and oxygen atoms in total. The van der Waals surface area contributed by atoms with Crippen molar-refractivity contribution in [3.8, 4) is 11.5 Å². The lowest BCUT2D eigenvalue weighted by Crippen LogP contribution is -1.84. The zero-order chi connectivity index (χ0) is 21.5.